The molecule has 0 amide bonds. The number of ketones is 1. The molecule has 1 saturated heterocycles. The Bertz CT molecular complexity index is 476. The fourth-order valence-corrected chi connectivity index (χ4v) is 3.07. The highest BCUT2D eigenvalue weighted by atomic mass is 19.2. The van der Waals surface area contributed by atoms with E-state index < -0.39 is 11.6 Å². The fourth-order valence-electron chi connectivity index (χ4n) is 3.07. The summed E-state index contributed by atoms with van der Waals surface area (Å²) in [5.41, 5.74) is 0.271. The number of piperidine rings is 1. The van der Waals surface area contributed by atoms with Crippen molar-refractivity contribution < 1.29 is 13.6 Å². The Hall–Kier alpha value is -1.29. The van der Waals surface area contributed by atoms with Crippen molar-refractivity contribution >= 4 is 5.78 Å². The van der Waals surface area contributed by atoms with Crippen LogP contribution in [0.1, 0.15) is 38.2 Å². The molecule has 0 atom stereocenters. The largest absolute Gasteiger partial charge is 0.317 e. The number of carbonyl (C=O) groups excluding carboxylic acids is 1. The van der Waals surface area contributed by atoms with Crippen LogP contribution in [0, 0.1) is 17.0 Å². The lowest BCUT2D eigenvalue weighted by Gasteiger charge is -2.36. The van der Waals surface area contributed by atoms with E-state index in [1.54, 1.807) is 0 Å². The minimum Gasteiger partial charge on any atom is -0.317 e. The normalized spacial score (nSPS) is 17.9. The van der Waals surface area contributed by atoms with Gasteiger partial charge in [-0.25, -0.2) is 8.78 Å². The summed E-state index contributed by atoms with van der Waals surface area (Å²) in [6, 6.07) is 3.72. The van der Waals surface area contributed by atoms with Crippen molar-refractivity contribution in [1.82, 2.24) is 5.32 Å². The molecule has 1 N–H and O–H groups in total. The van der Waals surface area contributed by atoms with Crippen LogP contribution in [0.3, 0.4) is 0 Å². The van der Waals surface area contributed by atoms with Crippen molar-refractivity contribution in [3.8, 4) is 0 Å². The van der Waals surface area contributed by atoms with Gasteiger partial charge in [0.05, 0.1) is 0 Å². The lowest BCUT2D eigenvalue weighted by molar-refractivity contribution is -0.130. The molecule has 1 aromatic carbocycles. The molecule has 2 nitrogen and oxygen atoms in total. The van der Waals surface area contributed by atoms with E-state index in [1.807, 2.05) is 0 Å². The van der Waals surface area contributed by atoms with Crippen LogP contribution < -0.4 is 5.32 Å². The Balaban J connectivity index is 2.13. The van der Waals surface area contributed by atoms with Gasteiger partial charge in [0.1, 0.15) is 5.78 Å². The van der Waals surface area contributed by atoms with E-state index in [1.165, 1.54) is 6.07 Å². The summed E-state index contributed by atoms with van der Waals surface area (Å²) in [5.74, 6) is -1.59. The molecule has 2 rings (SSSR count). The van der Waals surface area contributed by atoms with E-state index in [0.29, 0.717) is 5.56 Å². The van der Waals surface area contributed by atoms with E-state index in [-0.39, 0.29) is 17.6 Å². The minimum absolute atomic E-state index is 0.159. The second-order valence-corrected chi connectivity index (χ2v) is 5.63. The van der Waals surface area contributed by atoms with Gasteiger partial charge in [0.15, 0.2) is 11.6 Å². The molecule has 0 radical (unpaired) electrons. The van der Waals surface area contributed by atoms with Gasteiger partial charge in [-0.05, 0) is 50.0 Å². The van der Waals surface area contributed by atoms with Gasteiger partial charge < -0.3 is 5.32 Å². The van der Waals surface area contributed by atoms with Crippen molar-refractivity contribution in [2.45, 2.75) is 39.0 Å². The molecule has 0 saturated carbocycles. The van der Waals surface area contributed by atoms with Crippen LogP contribution in [-0.2, 0) is 11.2 Å². The first-order valence-electron chi connectivity index (χ1n) is 7.25. The maximum atomic E-state index is 13.2. The second-order valence-electron chi connectivity index (χ2n) is 5.63. The first-order valence-corrected chi connectivity index (χ1v) is 7.25. The van der Waals surface area contributed by atoms with Gasteiger partial charge in [-0.15, -0.1) is 0 Å². The molecule has 110 valence electrons. The van der Waals surface area contributed by atoms with Crippen molar-refractivity contribution in [2.75, 3.05) is 13.1 Å². The molecule has 1 aromatic rings. The van der Waals surface area contributed by atoms with Crippen LogP contribution in [0.2, 0.25) is 0 Å². The number of Topliss-reactive ketones (excluding diaryl/α,β-unsaturated/α-hetero) is 1. The second kappa shape index (κ2) is 6.44. The van der Waals surface area contributed by atoms with Gasteiger partial charge in [-0.1, -0.05) is 19.4 Å². The van der Waals surface area contributed by atoms with Crippen molar-refractivity contribution in [2.24, 2.45) is 5.41 Å². The number of nitrogens with one attached hydrogen (secondary N) is 1. The smallest absolute Gasteiger partial charge is 0.159 e. The van der Waals surface area contributed by atoms with Crippen molar-refractivity contribution in [3.63, 3.8) is 0 Å². The minimum atomic E-state index is -0.884. The molecule has 4 heteroatoms. The Morgan fingerprint density at radius 1 is 1.25 bits per heavy atom. The van der Waals surface area contributed by atoms with Crippen LogP contribution in [0.25, 0.3) is 0 Å². The zero-order chi connectivity index (χ0) is 14.6. The van der Waals surface area contributed by atoms with E-state index in [9.17, 15) is 13.6 Å². The van der Waals surface area contributed by atoms with Gasteiger partial charge in [-0.2, -0.15) is 0 Å². The first-order chi connectivity index (χ1) is 9.57. The Labute approximate surface area is 118 Å². The summed E-state index contributed by atoms with van der Waals surface area (Å²) in [4.78, 5) is 12.6. The number of hydrogen-bond acceptors (Lipinski definition) is 2. The Morgan fingerprint density at radius 3 is 2.55 bits per heavy atom. The summed E-state index contributed by atoms with van der Waals surface area (Å²) >= 11 is 0. The van der Waals surface area contributed by atoms with Crippen LogP contribution in [0.5, 0.6) is 0 Å². The molecule has 1 aliphatic rings. The molecule has 1 fully saturated rings. The van der Waals surface area contributed by atoms with Crippen molar-refractivity contribution in [1.29, 1.82) is 0 Å². The molecule has 0 bridgehead atoms. The van der Waals surface area contributed by atoms with Gasteiger partial charge in [0, 0.05) is 11.8 Å². The molecular weight excluding hydrogens is 260 g/mol. The van der Waals surface area contributed by atoms with Crippen LogP contribution >= 0.6 is 0 Å². The zero-order valence-corrected chi connectivity index (χ0v) is 11.8. The molecule has 0 spiro atoms. The standard InChI is InChI=1S/C16H21F2NO/c1-2-5-16(6-8-19-9-7-16)15(20)11-12-3-4-13(17)14(18)10-12/h3-4,10,19H,2,5-9,11H2,1H3. The monoisotopic (exact) mass is 281 g/mol. The average molecular weight is 281 g/mol. The first kappa shape index (κ1) is 15.1. The summed E-state index contributed by atoms with van der Waals surface area (Å²) < 4.78 is 26.1. The molecule has 1 aliphatic heterocycles. The highest BCUT2D eigenvalue weighted by molar-refractivity contribution is 5.87. The quantitative estimate of drug-likeness (QED) is 0.897. The summed E-state index contributed by atoms with van der Waals surface area (Å²) in [5, 5.41) is 3.27. The summed E-state index contributed by atoms with van der Waals surface area (Å²) in [6.07, 6.45) is 3.70. The maximum absolute atomic E-state index is 13.2. The van der Waals surface area contributed by atoms with Crippen LogP contribution in [0.15, 0.2) is 18.2 Å². The van der Waals surface area contributed by atoms with Crippen molar-refractivity contribution in [3.05, 3.63) is 35.4 Å². The predicted molar refractivity (Wildman–Crippen MR) is 74.5 cm³/mol. The third-order valence-electron chi connectivity index (χ3n) is 4.23. The zero-order valence-electron chi connectivity index (χ0n) is 11.8. The van der Waals surface area contributed by atoms with Gasteiger partial charge in [0.25, 0.3) is 0 Å². The molecule has 1 heterocycles. The van der Waals surface area contributed by atoms with Crippen LogP contribution in [-0.4, -0.2) is 18.9 Å². The summed E-state index contributed by atoms with van der Waals surface area (Å²) in [6.45, 7) is 3.78. The Morgan fingerprint density at radius 2 is 1.95 bits per heavy atom. The van der Waals surface area contributed by atoms with E-state index in [0.717, 1.165) is 50.9 Å². The molecule has 0 aromatic heterocycles. The molecular formula is C16H21F2NO. The fraction of sp³-hybridized carbons (Fsp3) is 0.562. The average Bonchev–Trinajstić information content (AvgIpc) is 2.44. The third kappa shape index (κ3) is 3.23. The maximum Gasteiger partial charge on any atom is 0.159 e. The number of halogens is 2. The molecule has 0 unspecified atom stereocenters. The van der Waals surface area contributed by atoms with Gasteiger partial charge in [-0.3, -0.25) is 4.79 Å². The van der Waals surface area contributed by atoms with Crippen LogP contribution in [0.4, 0.5) is 8.78 Å². The number of benzene rings is 1. The van der Waals surface area contributed by atoms with E-state index in [2.05, 4.69) is 12.2 Å². The lowest BCUT2D eigenvalue weighted by atomic mass is 9.70. The van der Waals surface area contributed by atoms with E-state index >= 15 is 0 Å². The number of carbonyl (C=O) groups is 1. The topological polar surface area (TPSA) is 29.1 Å². The highest BCUT2D eigenvalue weighted by Crippen LogP contribution is 2.36. The third-order valence-corrected chi connectivity index (χ3v) is 4.23. The van der Waals surface area contributed by atoms with E-state index in [4.69, 9.17) is 0 Å². The molecule has 0 aliphatic carbocycles. The highest BCUT2D eigenvalue weighted by Gasteiger charge is 2.37. The summed E-state index contributed by atoms with van der Waals surface area (Å²) in [7, 11) is 0. The number of hydrogen-bond donors (Lipinski definition) is 1. The van der Waals surface area contributed by atoms with Gasteiger partial charge in [0.2, 0.25) is 0 Å². The predicted octanol–water partition coefficient (Wildman–Crippen LogP) is 3.25. The lowest BCUT2D eigenvalue weighted by Crippen LogP contribution is -2.42. The number of rotatable bonds is 5. The Kier molecular flexibility index (Phi) is 4.86. The molecule has 20 heavy (non-hydrogen) atoms. The van der Waals surface area contributed by atoms with Gasteiger partial charge >= 0.3 is 0 Å². The SMILES string of the molecule is CCCC1(C(=O)Cc2ccc(F)c(F)c2)CCNCC1.